The smallest absolute Gasteiger partial charge is 0.314 e. The maximum absolute atomic E-state index is 12.3. The van der Waals surface area contributed by atoms with Crippen molar-refractivity contribution in [3.8, 4) is 0 Å². The van der Waals surface area contributed by atoms with Crippen molar-refractivity contribution in [2.75, 3.05) is 20.3 Å². The predicted molar refractivity (Wildman–Crippen MR) is 133 cm³/mol. The van der Waals surface area contributed by atoms with Crippen LogP contribution in [0.15, 0.2) is 64.6 Å². The van der Waals surface area contributed by atoms with Gasteiger partial charge in [0.2, 0.25) is 0 Å². The SMILES string of the molecule is CCC(C)C1=NC(Cl)(Cc2ccccc2CNC[C@H](C(=O)OC)c2ccccc2)C(CO)=N1. The van der Waals surface area contributed by atoms with E-state index in [2.05, 4.69) is 24.2 Å². The third-order valence-electron chi connectivity index (χ3n) is 6.08. The van der Waals surface area contributed by atoms with Crippen molar-refractivity contribution >= 4 is 29.1 Å². The molecule has 0 radical (unpaired) electrons. The van der Waals surface area contributed by atoms with E-state index in [9.17, 15) is 9.90 Å². The van der Waals surface area contributed by atoms with Gasteiger partial charge in [-0.3, -0.25) is 4.79 Å². The molecule has 0 amide bonds. The first-order valence-electron chi connectivity index (χ1n) is 11.3. The summed E-state index contributed by atoms with van der Waals surface area (Å²) >= 11 is 6.90. The molecular weight excluding hydrogens is 438 g/mol. The Labute approximate surface area is 200 Å². The highest BCUT2D eigenvalue weighted by molar-refractivity contribution is 6.39. The Kier molecular flexibility index (Phi) is 8.78. The van der Waals surface area contributed by atoms with E-state index in [0.717, 1.165) is 23.1 Å². The van der Waals surface area contributed by atoms with Crippen molar-refractivity contribution in [1.82, 2.24) is 5.32 Å². The molecule has 1 heterocycles. The molecule has 2 aromatic rings. The van der Waals surface area contributed by atoms with Crippen molar-refractivity contribution in [1.29, 1.82) is 0 Å². The number of halogens is 1. The Bertz CT molecular complexity index is 1010. The van der Waals surface area contributed by atoms with Gasteiger partial charge in [0.05, 0.1) is 25.3 Å². The fourth-order valence-corrected chi connectivity index (χ4v) is 4.20. The van der Waals surface area contributed by atoms with E-state index < -0.39 is 10.9 Å². The van der Waals surface area contributed by atoms with Gasteiger partial charge in [-0.1, -0.05) is 80.0 Å². The van der Waals surface area contributed by atoms with Crippen molar-refractivity contribution in [2.45, 2.75) is 44.1 Å². The number of hydrogen-bond donors (Lipinski definition) is 2. The van der Waals surface area contributed by atoms with Crippen molar-refractivity contribution < 1.29 is 14.6 Å². The Morgan fingerprint density at radius 2 is 1.82 bits per heavy atom. The molecule has 6 nitrogen and oxygen atoms in total. The maximum atomic E-state index is 12.3. The van der Waals surface area contributed by atoms with E-state index >= 15 is 0 Å². The predicted octanol–water partition coefficient (Wildman–Crippen LogP) is 4.10. The van der Waals surface area contributed by atoms with Gasteiger partial charge in [0.25, 0.3) is 0 Å². The topological polar surface area (TPSA) is 83.3 Å². The molecule has 3 atom stereocenters. The highest BCUT2D eigenvalue weighted by Crippen LogP contribution is 2.32. The number of hydrogen-bond acceptors (Lipinski definition) is 6. The number of esters is 1. The molecule has 2 aromatic carbocycles. The molecule has 2 unspecified atom stereocenters. The first kappa shape index (κ1) is 25.1. The summed E-state index contributed by atoms with van der Waals surface area (Å²) in [4.78, 5) is 20.5. The molecule has 0 spiro atoms. The van der Waals surface area contributed by atoms with Crippen LogP contribution in [0.25, 0.3) is 0 Å². The molecule has 1 aliphatic rings. The molecule has 0 saturated carbocycles. The second kappa shape index (κ2) is 11.5. The van der Waals surface area contributed by atoms with E-state index in [1.165, 1.54) is 7.11 Å². The third kappa shape index (κ3) is 6.08. The zero-order valence-electron chi connectivity index (χ0n) is 19.4. The average Bonchev–Trinajstić information content (AvgIpc) is 3.18. The number of carbonyl (C=O) groups is 1. The number of aliphatic hydroxyl groups excluding tert-OH is 1. The number of nitrogens with one attached hydrogen (secondary N) is 1. The summed E-state index contributed by atoms with van der Waals surface area (Å²) in [6, 6.07) is 17.6. The minimum absolute atomic E-state index is 0.178. The first-order chi connectivity index (χ1) is 15.9. The number of nitrogens with zero attached hydrogens (tertiary/aromatic N) is 2. The van der Waals surface area contributed by atoms with Gasteiger partial charge in [-0.25, -0.2) is 9.98 Å². The monoisotopic (exact) mass is 469 g/mol. The summed E-state index contributed by atoms with van der Waals surface area (Å²) in [7, 11) is 1.41. The molecule has 0 aromatic heterocycles. The Morgan fingerprint density at radius 3 is 2.45 bits per heavy atom. The molecule has 33 heavy (non-hydrogen) atoms. The Morgan fingerprint density at radius 1 is 1.15 bits per heavy atom. The minimum Gasteiger partial charge on any atom is -0.469 e. The molecule has 0 saturated heterocycles. The number of methoxy groups -OCH3 is 1. The van der Waals surface area contributed by atoms with Gasteiger partial charge in [-0.05, 0) is 23.1 Å². The molecular formula is C26H32ClN3O3. The third-order valence-corrected chi connectivity index (χ3v) is 6.52. The van der Waals surface area contributed by atoms with E-state index in [-0.39, 0.29) is 18.5 Å². The fraction of sp³-hybridized carbons (Fsp3) is 0.423. The van der Waals surface area contributed by atoms with Crippen molar-refractivity contribution in [3.63, 3.8) is 0 Å². The number of carbonyl (C=O) groups excluding carboxylic acids is 1. The van der Waals surface area contributed by atoms with E-state index in [0.29, 0.717) is 31.1 Å². The normalized spacial score (nSPS) is 19.5. The Hall–Kier alpha value is -2.54. The molecule has 2 N–H and O–H groups in total. The van der Waals surface area contributed by atoms with Crippen LogP contribution in [-0.2, 0) is 22.5 Å². The van der Waals surface area contributed by atoms with Crippen molar-refractivity contribution in [3.05, 3.63) is 71.3 Å². The zero-order valence-corrected chi connectivity index (χ0v) is 20.2. The standard InChI is InChI=1S/C26H32ClN3O3/c1-4-18(2)24-29-23(17-31)26(27,30-24)14-20-12-8-9-13-21(20)15-28-16-22(25(32)33-3)19-10-6-5-7-11-19/h5-13,18,22,28,31H,4,14-17H2,1-3H3/t18?,22-,26?/m0/s1. The van der Waals surface area contributed by atoms with Crippen LogP contribution in [0.3, 0.4) is 0 Å². The number of aliphatic imine (C=N–C) groups is 2. The van der Waals surface area contributed by atoms with Crippen LogP contribution in [0.4, 0.5) is 0 Å². The quantitative estimate of drug-likeness (QED) is 0.295. The highest BCUT2D eigenvalue weighted by Gasteiger charge is 2.39. The Balaban J connectivity index is 1.74. The summed E-state index contributed by atoms with van der Waals surface area (Å²) in [6.45, 7) is 4.90. The minimum atomic E-state index is -1.08. The number of amidine groups is 1. The van der Waals surface area contributed by atoms with Crippen LogP contribution in [0.2, 0.25) is 0 Å². The number of aliphatic hydroxyl groups is 1. The van der Waals surface area contributed by atoms with E-state index in [4.69, 9.17) is 21.3 Å². The largest absolute Gasteiger partial charge is 0.469 e. The lowest BCUT2D eigenvalue weighted by Gasteiger charge is -2.22. The van der Waals surface area contributed by atoms with Crippen LogP contribution < -0.4 is 5.32 Å². The fourth-order valence-electron chi connectivity index (χ4n) is 3.87. The van der Waals surface area contributed by atoms with Gasteiger partial charge in [-0.2, -0.15) is 0 Å². The maximum Gasteiger partial charge on any atom is 0.314 e. The number of rotatable bonds is 11. The lowest BCUT2D eigenvalue weighted by Crippen LogP contribution is -2.34. The number of alkyl halides is 1. The van der Waals surface area contributed by atoms with Gasteiger partial charge < -0.3 is 15.2 Å². The molecule has 7 heteroatoms. The van der Waals surface area contributed by atoms with Gasteiger partial charge in [-0.15, -0.1) is 0 Å². The molecule has 3 rings (SSSR count). The van der Waals surface area contributed by atoms with E-state index in [1.807, 2.05) is 54.6 Å². The molecule has 176 valence electrons. The number of benzene rings is 2. The molecule has 0 bridgehead atoms. The van der Waals surface area contributed by atoms with Crippen LogP contribution in [0.1, 0.15) is 42.9 Å². The summed E-state index contributed by atoms with van der Waals surface area (Å²) < 4.78 is 5.01. The second-order valence-corrected chi connectivity index (χ2v) is 8.94. The van der Waals surface area contributed by atoms with Gasteiger partial charge in [0, 0.05) is 25.4 Å². The second-order valence-electron chi connectivity index (χ2n) is 8.32. The summed E-state index contributed by atoms with van der Waals surface area (Å²) in [6.07, 6.45) is 1.32. The lowest BCUT2D eigenvalue weighted by molar-refractivity contribution is -0.142. The van der Waals surface area contributed by atoms with Crippen molar-refractivity contribution in [2.24, 2.45) is 15.9 Å². The van der Waals surface area contributed by atoms with Crippen LogP contribution in [0, 0.1) is 5.92 Å². The van der Waals surface area contributed by atoms with Gasteiger partial charge in [0.1, 0.15) is 5.84 Å². The summed E-state index contributed by atoms with van der Waals surface area (Å²) in [5, 5.41) is 13.3. The zero-order chi connectivity index (χ0) is 23.8. The molecule has 0 fully saturated rings. The summed E-state index contributed by atoms with van der Waals surface area (Å²) in [5.41, 5.74) is 3.46. The van der Waals surface area contributed by atoms with Crippen LogP contribution in [0.5, 0.6) is 0 Å². The van der Waals surface area contributed by atoms with Gasteiger partial charge >= 0.3 is 5.97 Å². The number of ether oxygens (including phenoxy) is 1. The molecule has 0 aliphatic carbocycles. The first-order valence-corrected chi connectivity index (χ1v) is 11.7. The summed E-state index contributed by atoms with van der Waals surface area (Å²) in [5.74, 6) is 0.199. The van der Waals surface area contributed by atoms with E-state index in [1.54, 1.807) is 0 Å². The lowest BCUT2D eigenvalue weighted by atomic mass is 9.96. The average molecular weight is 470 g/mol. The van der Waals surface area contributed by atoms with Crippen LogP contribution >= 0.6 is 11.6 Å². The highest BCUT2D eigenvalue weighted by atomic mass is 35.5. The van der Waals surface area contributed by atoms with Gasteiger partial charge in [0.15, 0.2) is 5.00 Å². The molecule has 1 aliphatic heterocycles. The van der Waals surface area contributed by atoms with Crippen LogP contribution in [-0.4, -0.2) is 47.9 Å².